The highest BCUT2D eigenvalue weighted by Gasteiger charge is 2.21. The molecule has 0 atom stereocenters. The van der Waals surface area contributed by atoms with E-state index >= 15 is 0 Å². The number of fused-ring (bicyclic) bond motifs is 3. The first-order valence-corrected chi connectivity index (χ1v) is 10.3. The van der Waals surface area contributed by atoms with Gasteiger partial charge in [0.15, 0.2) is 5.65 Å². The highest BCUT2D eigenvalue weighted by atomic mass is 79.9. The minimum Gasteiger partial charge on any atom is -0.356 e. The van der Waals surface area contributed by atoms with Crippen LogP contribution in [0.3, 0.4) is 0 Å². The SMILES string of the molecule is Cc1nc(-c2ccccc2)c2nc(N3CCCCC3)c3cc(Br)ccc3n12. The second kappa shape index (κ2) is 6.64. The Morgan fingerprint density at radius 3 is 2.48 bits per heavy atom. The molecule has 136 valence electrons. The molecule has 27 heavy (non-hydrogen) atoms. The average molecular weight is 421 g/mol. The molecule has 0 spiro atoms. The molecule has 0 amide bonds. The fourth-order valence-corrected chi connectivity index (χ4v) is 4.45. The summed E-state index contributed by atoms with van der Waals surface area (Å²) in [4.78, 5) is 12.5. The van der Waals surface area contributed by atoms with Gasteiger partial charge in [0.25, 0.3) is 0 Å². The molecule has 1 saturated heterocycles. The summed E-state index contributed by atoms with van der Waals surface area (Å²) in [5, 5.41) is 1.18. The second-order valence-corrected chi connectivity index (χ2v) is 8.09. The van der Waals surface area contributed by atoms with Gasteiger partial charge in [0.1, 0.15) is 17.3 Å². The van der Waals surface area contributed by atoms with Crippen LogP contribution in [0.25, 0.3) is 27.8 Å². The first kappa shape index (κ1) is 16.8. The third kappa shape index (κ3) is 2.81. The van der Waals surface area contributed by atoms with Gasteiger partial charge in [-0.25, -0.2) is 9.97 Å². The molecule has 4 aromatic rings. The van der Waals surface area contributed by atoms with Crippen molar-refractivity contribution in [3.8, 4) is 11.3 Å². The van der Waals surface area contributed by atoms with Crippen LogP contribution in [0, 0.1) is 6.92 Å². The van der Waals surface area contributed by atoms with E-state index in [2.05, 4.69) is 74.6 Å². The fraction of sp³-hybridized carbons (Fsp3) is 0.273. The van der Waals surface area contributed by atoms with Crippen LogP contribution in [0.2, 0.25) is 0 Å². The Kier molecular flexibility index (Phi) is 4.12. The van der Waals surface area contributed by atoms with Gasteiger partial charge >= 0.3 is 0 Å². The van der Waals surface area contributed by atoms with Crippen molar-refractivity contribution in [1.82, 2.24) is 14.4 Å². The zero-order valence-electron chi connectivity index (χ0n) is 15.3. The fourth-order valence-electron chi connectivity index (χ4n) is 4.09. The van der Waals surface area contributed by atoms with E-state index in [1.807, 2.05) is 6.07 Å². The molecule has 0 unspecified atom stereocenters. The quantitative estimate of drug-likeness (QED) is 0.422. The lowest BCUT2D eigenvalue weighted by molar-refractivity contribution is 0.575. The summed E-state index contributed by atoms with van der Waals surface area (Å²) in [6.45, 7) is 4.19. The van der Waals surface area contributed by atoms with Crippen molar-refractivity contribution >= 4 is 38.3 Å². The number of hydrogen-bond acceptors (Lipinski definition) is 3. The van der Waals surface area contributed by atoms with Crippen LogP contribution in [0.15, 0.2) is 53.0 Å². The van der Waals surface area contributed by atoms with Crippen LogP contribution in [0.5, 0.6) is 0 Å². The van der Waals surface area contributed by atoms with Crippen LogP contribution in [-0.2, 0) is 0 Å². The predicted molar refractivity (Wildman–Crippen MR) is 114 cm³/mol. The minimum atomic E-state index is 0.939. The minimum absolute atomic E-state index is 0.939. The molecular formula is C22H21BrN4. The van der Waals surface area contributed by atoms with Crippen molar-refractivity contribution in [2.24, 2.45) is 0 Å². The largest absolute Gasteiger partial charge is 0.356 e. The van der Waals surface area contributed by atoms with Gasteiger partial charge in [-0.3, -0.25) is 4.40 Å². The normalized spacial score (nSPS) is 15.0. The lowest BCUT2D eigenvalue weighted by atomic mass is 10.1. The summed E-state index contributed by atoms with van der Waals surface area (Å²) in [5.41, 5.74) is 4.16. The number of piperidine rings is 1. The van der Waals surface area contributed by atoms with Gasteiger partial charge in [0.2, 0.25) is 0 Å². The molecule has 2 aromatic heterocycles. The standard InChI is InChI=1S/C22H21BrN4/c1-15-24-20(16-8-4-2-5-9-16)22-25-21(26-12-6-3-7-13-26)18-14-17(23)10-11-19(18)27(15)22/h2,4-5,8-11,14H,3,6-7,12-13H2,1H3. The molecule has 1 aliphatic heterocycles. The van der Waals surface area contributed by atoms with E-state index in [0.717, 1.165) is 51.6 Å². The Balaban J connectivity index is 1.85. The zero-order valence-corrected chi connectivity index (χ0v) is 16.9. The molecule has 0 bridgehead atoms. The molecule has 5 rings (SSSR count). The lowest BCUT2D eigenvalue weighted by Crippen LogP contribution is -2.30. The Morgan fingerprint density at radius 1 is 0.926 bits per heavy atom. The molecule has 4 nitrogen and oxygen atoms in total. The molecule has 3 heterocycles. The van der Waals surface area contributed by atoms with Crippen molar-refractivity contribution in [2.75, 3.05) is 18.0 Å². The summed E-state index contributed by atoms with van der Waals surface area (Å²) >= 11 is 3.64. The van der Waals surface area contributed by atoms with Crippen molar-refractivity contribution in [1.29, 1.82) is 0 Å². The van der Waals surface area contributed by atoms with Crippen molar-refractivity contribution in [3.05, 3.63) is 58.8 Å². The Hall–Kier alpha value is -2.40. The number of hydrogen-bond donors (Lipinski definition) is 0. The number of benzene rings is 2. The van der Waals surface area contributed by atoms with E-state index in [-0.39, 0.29) is 0 Å². The number of imidazole rings is 1. The third-order valence-electron chi connectivity index (χ3n) is 5.38. The van der Waals surface area contributed by atoms with Crippen LogP contribution >= 0.6 is 15.9 Å². The first-order chi connectivity index (χ1) is 13.2. The number of anilines is 1. The number of aromatic nitrogens is 3. The van der Waals surface area contributed by atoms with E-state index in [1.165, 1.54) is 24.6 Å². The van der Waals surface area contributed by atoms with Gasteiger partial charge < -0.3 is 4.90 Å². The molecule has 0 radical (unpaired) electrons. The van der Waals surface area contributed by atoms with Gasteiger partial charge in [0.05, 0.1) is 5.52 Å². The second-order valence-electron chi connectivity index (χ2n) is 7.18. The number of nitrogens with zero attached hydrogens (tertiary/aromatic N) is 4. The van der Waals surface area contributed by atoms with E-state index in [1.54, 1.807) is 0 Å². The van der Waals surface area contributed by atoms with E-state index < -0.39 is 0 Å². The highest BCUT2D eigenvalue weighted by Crippen LogP contribution is 2.34. The summed E-state index contributed by atoms with van der Waals surface area (Å²) in [5.74, 6) is 2.05. The molecule has 0 saturated carbocycles. The van der Waals surface area contributed by atoms with Gasteiger partial charge in [-0.1, -0.05) is 46.3 Å². The van der Waals surface area contributed by atoms with E-state index in [0.29, 0.717) is 0 Å². The molecule has 0 aliphatic carbocycles. The highest BCUT2D eigenvalue weighted by molar-refractivity contribution is 9.10. The number of rotatable bonds is 2. The summed E-state index contributed by atoms with van der Waals surface area (Å²) in [6.07, 6.45) is 3.76. The Bertz CT molecular complexity index is 1130. The third-order valence-corrected chi connectivity index (χ3v) is 5.87. The van der Waals surface area contributed by atoms with Crippen LogP contribution < -0.4 is 4.90 Å². The lowest BCUT2D eigenvalue weighted by Gasteiger charge is -2.29. The first-order valence-electron chi connectivity index (χ1n) is 9.51. The maximum Gasteiger partial charge on any atom is 0.167 e. The van der Waals surface area contributed by atoms with Crippen LogP contribution in [-0.4, -0.2) is 27.5 Å². The van der Waals surface area contributed by atoms with Gasteiger partial charge in [-0.05, 0) is 44.4 Å². The van der Waals surface area contributed by atoms with Crippen molar-refractivity contribution in [2.45, 2.75) is 26.2 Å². The molecular weight excluding hydrogens is 400 g/mol. The van der Waals surface area contributed by atoms with Gasteiger partial charge in [-0.15, -0.1) is 0 Å². The molecule has 2 aromatic carbocycles. The van der Waals surface area contributed by atoms with Gasteiger partial charge in [0, 0.05) is 28.5 Å². The number of aryl methyl sites for hydroxylation is 1. The zero-order chi connectivity index (χ0) is 18.4. The average Bonchev–Trinajstić information content (AvgIpc) is 3.05. The maximum absolute atomic E-state index is 5.17. The van der Waals surface area contributed by atoms with Crippen molar-refractivity contribution < 1.29 is 0 Å². The molecule has 1 aliphatic rings. The van der Waals surface area contributed by atoms with Gasteiger partial charge in [-0.2, -0.15) is 0 Å². The maximum atomic E-state index is 5.17. The number of halogens is 1. The Morgan fingerprint density at radius 2 is 1.70 bits per heavy atom. The summed E-state index contributed by atoms with van der Waals surface area (Å²) in [7, 11) is 0. The molecule has 0 N–H and O–H groups in total. The van der Waals surface area contributed by atoms with Crippen LogP contribution in [0.4, 0.5) is 5.82 Å². The molecule has 5 heteroatoms. The van der Waals surface area contributed by atoms with E-state index in [9.17, 15) is 0 Å². The topological polar surface area (TPSA) is 33.4 Å². The van der Waals surface area contributed by atoms with Crippen LogP contribution in [0.1, 0.15) is 25.1 Å². The van der Waals surface area contributed by atoms with Crippen molar-refractivity contribution in [3.63, 3.8) is 0 Å². The Labute approximate surface area is 167 Å². The monoisotopic (exact) mass is 420 g/mol. The summed E-state index contributed by atoms with van der Waals surface area (Å²) < 4.78 is 3.27. The predicted octanol–water partition coefficient (Wildman–Crippen LogP) is 5.61. The summed E-state index contributed by atoms with van der Waals surface area (Å²) in [6, 6.07) is 16.8. The molecule has 1 fully saturated rings. The van der Waals surface area contributed by atoms with E-state index in [4.69, 9.17) is 9.97 Å². The smallest absolute Gasteiger partial charge is 0.167 e.